The molecule has 6 heteroatoms. The molecule has 1 aliphatic rings. The third kappa shape index (κ3) is 2.92. The number of aromatic nitrogens is 2. The van der Waals surface area contributed by atoms with Crippen LogP contribution in [0.25, 0.3) is 6.08 Å². The molecule has 1 atom stereocenters. The largest absolute Gasteiger partial charge is 0.489 e. The van der Waals surface area contributed by atoms with Gasteiger partial charge in [0.05, 0.1) is 13.5 Å². The van der Waals surface area contributed by atoms with Gasteiger partial charge in [0, 0.05) is 22.7 Å². The number of aryl methyl sites for hydroxylation is 1. The van der Waals surface area contributed by atoms with Crippen molar-refractivity contribution in [1.29, 1.82) is 0 Å². The van der Waals surface area contributed by atoms with Crippen molar-refractivity contribution in [3.8, 4) is 5.75 Å². The van der Waals surface area contributed by atoms with E-state index in [1.165, 1.54) is 7.11 Å². The summed E-state index contributed by atoms with van der Waals surface area (Å²) in [5.41, 5.74) is 2.85. The van der Waals surface area contributed by atoms with Gasteiger partial charge >= 0.3 is 5.97 Å². The zero-order valence-electron chi connectivity index (χ0n) is 13.0. The molecular formula is C17H18N2O4. The number of hydrogen-bond acceptors (Lipinski definition) is 4. The van der Waals surface area contributed by atoms with Gasteiger partial charge < -0.3 is 14.6 Å². The predicted octanol–water partition coefficient (Wildman–Crippen LogP) is 2.13. The molecule has 0 spiro atoms. The van der Waals surface area contributed by atoms with Gasteiger partial charge in [0.1, 0.15) is 12.4 Å². The standard InChI is InChI=1S/C17H18N2O4/c1-10-16(17(21)19-18-10)13(8-15(20)22-2)12-7-11-5-3-4-6-14(11)23-9-12/h3-7,13H,8-9H2,1-2H3,(H2,18,19,21)/t13-/m0/s1. The number of carbonyl (C=O) groups is 1. The van der Waals surface area contributed by atoms with Crippen molar-refractivity contribution in [2.24, 2.45) is 0 Å². The molecule has 0 radical (unpaired) electrons. The summed E-state index contributed by atoms with van der Waals surface area (Å²) >= 11 is 0. The number of esters is 1. The van der Waals surface area contributed by atoms with Crippen LogP contribution in [0, 0.1) is 6.92 Å². The van der Waals surface area contributed by atoms with Crippen LogP contribution in [0.2, 0.25) is 0 Å². The molecule has 2 heterocycles. The zero-order chi connectivity index (χ0) is 16.4. The minimum Gasteiger partial charge on any atom is -0.489 e. The van der Waals surface area contributed by atoms with Gasteiger partial charge in [0.25, 0.3) is 5.56 Å². The maximum absolute atomic E-state index is 12.1. The first-order valence-electron chi connectivity index (χ1n) is 7.36. The van der Waals surface area contributed by atoms with Gasteiger partial charge in [0.2, 0.25) is 0 Å². The number of hydrogen-bond donors (Lipinski definition) is 2. The highest BCUT2D eigenvalue weighted by Crippen LogP contribution is 2.35. The minimum atomic E-state index is -0.384. The molecule has 0 amide bonds. The summed E-state index contributed by atoms with van der Waals surface area (Å²) in [7, 11) is 1.34. The fourth-order valence-electron chi connectivity index (χ4n) is 2.88. The third-order valence-corrected chi connectivity index (χ3v) is 4.06. The van der Waals surface area contributed by atoms with E-state index in [4.69, 9.17) is 9.47 Å². The molecule has 2 aromatic rings. The second kappa shape index (κ2) is 6.16. The molecule has 120 valence electrons. The lowest BCUT2D eigenvalue weighted by atomic mass is 9.86. The molecule has 0 bridgehead atoms. The van der Waals surface area contributed by atoms with Crippen LogP contribution in [0.3, 0.4) is 0 Å². The first-order valence-corrected chi connectivity index (χ1v) is 7.36. The number of para-hydroxylation sites is 1. The fraction of sp³-hybridized carbons (Fsp3) is 0.294. The van der Waals surface area contributed by atoms with Crippen molar-refractivity contribution in [3.05, 3.63) is 57.0 Å². The Bertz CT molecular complexity index is 816. The average Bonchev–Trinajstić information content (AvgIpc) is 2.90. The first-order chi connectivity index (χ1) is 11.1. The second-order valence-electron chi connectivity index (χ2n) is 5.50. The predicted molar refractivity (Wildman–Crippen MR) is 85.4 cm³/mol. The van der Waals surface area contributed by atoms with Gasteiger partial charge in [-0.3, -0.25) is 14.7 Å². The van der Waals surface area contributed by atoms with E-state index >= 15 is 0 Å². The molecule has 23 heavy (non-hydrogen) atoms. The molecule has 0 saturated carbocycles. The summed E-state index contributed by atoms with van der Waals surface area (Å²) < 4.78 is 10.6. The van der Waals surface area contributed by atoms with Gasteiger partial charge in [-0.2, -0.15) is 0 Å². The molecule has 6 nitrogen and oxygen atoms in total. The number of fused-ring (bicyclic) bond motifs is 1. The molecule has 3 rings (SSSR count). The Morgan fingerprint density at radius 3 is 2.83 bits per heavy atom. The highest BCUT2D eigenvalue weighted by Gasteiger charge is 2.28. The maximum atomic E-state index is 12.1. The van der Waals surface area contributed by atoms with Gasteiger partial charge in [-0.05, 0) is 24.6 Å². The van der Waals surface area contributed by atoms with E-state index in [1.54, 1.807) is 6.92 Å². The van der Waals surface area contributed by atoms with Crippen molar-refractivity contribution in [2.75, 3.05) is 13.7 Å². The van der Waals surface area contributed by atoms with Crippen LogP contribution in [-0.2, 0) is 9.53 Å². The van der Waals surface area contributed by atoms with Gasteiger partial charge in [0.15, 0.2) is 0 Å². The summed E-state index contributed by atoms with van der Waals surface area (Å²) in [5, 5.41) is 5.38. The molecule has 0 unspecified atom stereocenters. The summed E-state index contributed by atoms with van der Waals surface area (Å²) in [6, 6.07) is 7.67. The Kier molecular flexibility index (Phi) is 4.06. The van der Waals surface area contributed by atoms with Crippen LogP contribution in [0.5, 0.6) is 5.75 Å². The molecule has 0 saturated heterocycles. The number of benzene rings is 1. The number of carbonyl (C=O) groups excluding carboxylic acids is 1. The Balaban J connectivity index is 2.05. The van der Waals surface area contributed by atoms with Gasteiger partial charge in [-0.25, -0.2) is 0 Å². The highest BCUT2D eigenvalue weighted by molar-refractivity contribution is 5.73. The zero-order valence-corrected chi connectivity index (χ0v) is 13.0. The van der Waals surface area contributed by atoms with Crippen LogP contribution < -0.4 is 10.3 Å². The van der Waals surface area contributed by atoms with Crippen molar-refractivity contribution < 1.29 is 14.3 Å². The minimum absolute atomic E-state index is 0.0929. The van der Waals surface area contributed by atoms with Crippen LogP contribution in [0.4, 0.5) is 0 Å². The number of ether oxygens (including phenoxy) is 2. The van der Waals surface area contributed by atoms with Crippen LogP contribution in [0.1, 0.15) is 29.2 Å². The van der Waals surface area contributed by atoms with E-state index in [2.05, 4.69) is 10.2 Å². The maximum Gasteiger partial charge on any atom is 0.306 e. The summed E-state index contributed by atoms with van der Waals surface area (Å²) in [6.45, 7) is 2.14. The highest BCUT2D eigenvalue weighted by atomic mass is 16.5. The lowest BCUT2D eigenvalue weighted by molar-refractivity contribution is -0.140. The molecule has 1 aromatic carbocycles. The first kappa shape index (κ1) is 15.1. The molecule has 2 N–H and O–H groups in total. The summed E-state index contributed by atoms with van der Waals surface area (Å²) in [4.78, 5) is 23.9. The lowest BCUT2D eigenvalue weighted by Gasteiger charge is -2.24. The van der Waals surface area contributed by atoms with Crippen molar-refractivity contribution in [1.82, 2.24) is 10.2 Å². The van der Waals surface area contributed by atoms with E-state index < -0.39 is 0 Å². The van der Waals surface area contributed by atoms with Gasteiger partial charge in [-0.1, -0.05) is 18.2 Å². The summed E-state index contributed by atoms with van der Waals surface area (Å²) in [6.07, 6.45) is 2.08. The number of H-pyrrole nitrogens is 2. The molecular weight excluding hydrogens is 296 g/mol. The Hall–Kier alpha value is -2.76. The van der Waals surface area contributed by atoms with E-state index in [9.17, 15) is 9.59 Å². The van der Waals surface area contributed by atoms with Crippen LogP contribution in [0.15, 0.2) is 34.6 Å². The SMILES string of the molecule is COC(=O)C[C@@H](C1=Cc2ccccc2OC1)c1c(C)[nH][nH]c1=O. The van der Waals surface area contributed by atoms with Crippen molar-refractivity contribution >= 4 is 12.0 Å². The number of rotatable bonds is 4. The van der Waals surface area contributed by atoms with E-state index in [0.717, 1.165) is 16.9 Å². The quantitative estimate of drug-likeness (QED) is 0.847. The number of nitrogens with one attached hydrogen (secondary N) is 2. The third-order valence-electron chi connectivity index (χ3n) is 4.06. The number of methoxy groups -OCH3 is 1. The molecule has 0 aliphatic carbocycles. The van der Waals surface area contributed by atoms with Crippen molar-refractivity contribution in [2.45, 2.75) is 19.3 Å². The smallest absolute Gasteiger partial charge is 0.306 e. The van der Waals surface area contributed by atoms with Crippen LogP contribution in [-0.4, -0.2) is 29.9 Å². The Morgan fingerprint density at radius 1 is 1.35 bits per heavy atom. The van der Waals surface area contributed by atoms with Crippen LogP contribution >= 0.6 is 0 Å². The van der Waals surface area contributed by atoms with Crippen molar-refractivity contribution in [3.63, 3.8) is 0 Å². The Morgan fingerprint density at radius 2 is 2.13 bits per heavy atom. The second-order valence-corrected chi connectivity index (χ2v) is 5.50. The average molecular weight is 314 g/mol. The van der Waals surface area contributed by atoms with E-state index in [0.29, 0.717) is 17.9 Å². The molecule has 1 aromatic heterocycles. The topological polar surface area (TPSA) is 84.2 Å². The van der Waals surface area contributed by atoms with E-state index in [-0.39, 0.29) is 23.9 Å². The Labute approximate surface area is 133 Å². The lowest BCUT2D eigenvalue weighted by Crippen LogP contribution is -2.22. The molecule has 1 aliphatic heterocycles. The summed E-state index contributed by atoms with van der Waals surface area (Å²) in [5.74, 6) is 0.0494. The van der Waals surface area contributed by atoms with E-state index in [1.807, 2.05) is 30.3 Å². The normalized spacial score (nSPS) is 14.4. The monoisotopic (exact) mass is 314 g/mol. The number of aromatic amines is 2. The molecule has 0 fully saturated rings. The fourth-order valence-corrected chi connectivity index (χ4v) is 2.88. The van der Waals surface area contributed by atoms with Gasteiger partial charge in [-0.15, -0.1) is 0 Å².